The van der Waals surface area contributed by atoms with E-state index >= 15 is 0 Å². The first-order chi connectivity index (χ1) is 12.9. The zero-order chi connectivity index (χ0) is 18.7. The van der Waals surface area contributed by atoms with Gasteiger partial charge in [0.05, 0.1) is 12.8 Å². The molecule has 1 atom stereocenters. The van der Waals surface area contributed by atoms with Crippen LogP contribution in [0.1, 0.15) is 103 Å². The third-order valence-electron chi connectivity index (χ3n) is 5.30. The zero-order valence-electron chi connectivity index (χ0n) is 17.3. The molecular formula is C23H44N2O. The van der Waals surface area contributed by atoms with Crippen molar-refractivity contribution in [1.29, 1.82) is 0 Å². The summed E-state index contributed by atoms with van der Waals surface area (Å²) >= 11 is 0. The Morgan fingerprint density at radius 1 is 0.846 bits per heavy atom. The highest BCUT2D eigenvalue weighted by molar-refractivity contribution is 4.93. The maximum atomic E-state index is 9.05. The van der Waals surface area contributed by atoms with Crippen LogP contribution < -0.4 is 5.32 Å². The van der Waals surface area contributed by atoms with Crippen LogP contribution in [0.3, 0.4) is 0 Å². The van der Waals surface area contributed by atoms with Crippen LogP contribution in [0.4, 0.5) is 0 Å². The molecule has 0 aromatic heterocycles. The van der Waals surface area contributed by atoms with E-state index in [0.717, 1.165) is 6.54 Å². The van der Waals surface area contributed by atoms with Gasteiger partial charge in [-0.15, -0.1) is 0 Å². The van der Waals surface area contributed by atoms with Crippen molar-refractivity contribution in [2.24, 2.45) is 0 Å². The van der Waals surface area contributed by atoms with Crippen molar-refractivity contribution in [2.75, 3.05) is 13.2 Å². The second-order valence-electron chi connectivity index (χ2n) is 7.69. The van der Waals surface area contributed by atoms with Crippen molar-refractivity contribution in [1.82, 2.24) is 10.2 Å². The number of rotatable bonds is 18. The van der Waals surface area contributed by atoms with Crippen molar-refractivity contribution in [3.63, 3.8) is 0 Å². The molecule has 1 unspecified atom stereocenters. The number of allylic oxidation sites excluding steroid dienone is 2. The molecular weight excluding hydrogens is 320 g/mol. The lowest BCUT2D eigenvalue weighted by Crippen LogP contribution is -2.36. The summed E-state index contributed by atoms with van der Waals surface area (Å²) in [5.74, 6) is 0. The lowest BCUT2D eigenvalue weighted by Gasteiger charge is -2.24. The predicted octanol–water partition coefficient (Wildman–Crippen LogP) is 6.11. The normalized spacial score (nSPS) is 16.7. The SMILES string of the molecule is CCCCCCC/C=C/CCCCCCCCCC1NC=CN1CCO. The first kappa shape index (κ1) is 23.1. The van der Waals surface area contributed by atoms with Crippen LogP contribution in [0.2, 0.25) is 0 Å². The summed E-state index contributed by atoms with van der Waals surface area (Å²) in [6.07, 6.45) is 29.5. The lowest BCUT2D eigenvalue weighted by atomic mass is 10.1. The molecule has 1 heterocycles. The van der Waals surface area contributed by atoms with Crippen LogP contribution in [0.15, 0.2) is 24.6 Å². The number of β-amino-alcohol motifs (C(OH)–C–C–N with tert-alkyl or cyclic N) is 1. The number of aliphatic hydroxyl groups is 1. The van der Waals surface area contributed by atoms with Crippen LogP contribution in [0.5, 0.6) is 0 Å². The van der Waals surface area contributed by atoms with Crippen LogP contribution in [-0.4, -0.2) is 29.3 Å². The molecule has 26 heavy (non-hydrogen) atoms. The minimum absolute atomic E-state index is 0.233. The minimum atomic E-state index is 0.233. The number of unbranched alkanes of at least 4 members (excludes halogenated alkanes) is 12. The zero-order valence-corrected chi connectivity index (χ0v) is 17.3. The molecule has 0 aliphatic carbocycles. The smallest absolute Gasteiger partial charge is 0.0982 e. The van der Waals surface area contributed by atoms with Crippen LogP contribution >= 0.6 is 0 Å². The van der Waals surface area contributed by atoms with Crippen LogP contribution in [0.25, 0.3) is 0 Å². The van der Waals surface area contributed by atoms with E-state index in [0.29, 0.717) is 6.17 Å². The molecule has 0 aromatic rings. The molecule has 0 bridgehead atoms. The second kappa shape index (κ2) is 17.5. The molecule has 152 valence electrons. The summed E-state index contributed by atoms with van der Waals surface area (Å²) in [5, 5.41) is 12.4. The Morgan fingerprint density at radius 2 is 1.42 bits per heavy atom. The fraction of sp³-hybridized carbons (Fsp3) is 0.826. The van der Waals surface area contributed by atoms with Gasteiger partial charge in [-0.1, -0.05) is 76.9 Å². The molecule has 3 heteroatoms. The molecule has 3 nitrogen and oxygen atoms in total. The lowest BCUT2D eigenvalue weighted by molar-refractivity contribution is 0.194. The van der Waals surface area contributed by atoms with E-state index in [1.165, 1.54) is 96.3 Å². The number of hydrogen-bond acceptors (Lipinski definition) is 3. The molecule has 2 N–H and O–H groups in total. The minimum Gasteiger partial charge on any atom is -0.395 e. The largest absolute Gasteiger partial charge is 0.395 e. The third-order valence-corrected chi connectivity index (χ3v) is 5.30. The van der Waals surface area contributed by atoms with E-state index in [4.69, 9.17) is 5.11 Å². The monoisotopic (exact) mass is 364 g/mol. The van der Waals surface area contributed by atoms with Gasteiger partial charge in [-0.2, -0.15) is 0 Å². The number of nitrogens with one attached hydrogen (secondary N) is 1. The van der Waals surface area contributed by atoms with Gasteiger partial charge in [0.2, 0.25) is 0 Å². The van der Waals surface area contributed by atoms with E-state index < -0.39 is 0 Å². The Morgan fingerprint density at radius 3 is 2.04 bits per heavy atom. The molecule has 1 rings (SSSR count). The summed E-state index contributed by atoms with van der Waals surface area (Å²) in [7, 11) is 0. The van der Waals surface area contributed by atoms with E-state index in [1.54, 1.807) is 0 Å². The topological polar surface area (TPSA) is 35.5 Å². The Bertz CT molecular complexity index is 354. The number of hydrogen-bond donors (Lipinski definition) is 2. The number of aliphatic hydroxyl groups excluding tert-OH is 1. The van der Waals surface area contributed by atoms with Gasteiger partial charge in [0.25, 0.3) is 0 Å². The van der Waals surface area contributed by atoms with Gasteiger partial charge < -0.3 is 15.3 Å². The first-order valence-corrected chi connectivity index (χ1v) is 11.3. The quantitative estimate of drug-likeness (QED) is 0.227. The van der Waals surface area contributed by atoms with Crippen LogP contribution in [-0.2, 0) is 0 Å². The van der Waals surface area contributed by atoms with Crippen molar-refractivity contribution < 1.29 is 5.11 Å². The maximum Gasteiger partial charge on any atom is 0.0982 e. The van der Waals surface area contributed by atoms with E-state index in [1.807, 2.05) is 6.20 Å². The summed E-state index contributed by atoms with van der Waals surface area (Å²) in [6, 6.07) is 0. The maximum absolute atomic E-state index is 9.05. The Labute approximate surface area is 162 Å². The highest BCUT2D eigenvalue weighted by Crippen LogP contribution is 2.15. The number of nitrogens with zero attached hydrogens (tertiary/aromatic N) is 1. The van der Waals surface area contributed by atoms with Gasteiger partial charge in [-0.25, -0.2) is 0 Å². The standard InChI is InChI=1S/C23H44N2O/c1-2-3-4-5-6-7-8-9-10-11-12-13-14-15-16-17-18-23-24-19-20-25(23)21-22-26/h8-9,19-20,23-24,26H,2-7,10-18,21-22H2,1H3/b9-8+. The highest BCUT2D eigenvalue weighted by atomic mass is 16.3. The summed E-state index contributed by atoms with van der Waals surface area (Å²) in [4.78, 5) is 2.21. The third kappa shape index (κ3) is 12.4. The Kier molecular flexibility index (Phi) is 15.5. The van der Waals surface area contributed by atoms with Crippen molar-refractivity contribution >= 4 is 0 Å². The highest BCUT2D eigenvalue weighted by Gasteiger charge is 2.16. The molecule has 0 spiro atoms. The molecule has 0 aromatic carbocycles. The van der Waals surface area contributed by atoms with Crippen molar-refractivity contribution in [2.45, 2.75) is 109 Å². The Hall–Kier alpha value is -0.960. The first-order valence-electron chi connectivity index (χ1n) is 11.3. The van der Waals surface area contributed by atoms with Gasteiger partial charge in [-0.3, -0.25) is 0 Å². The second-order valence-corrected chi connectivity index (χ2v) is 7.69. The molecule has 0 saturated heterocycles. The molecule has 1 aliphatic rings. The molecule has 0 radical (unpaired) electrons. The average molecular weight is 365 g/mol. The summed E-state index contributed by atoms with van der Waals surface area (Å²) in [5.41, 5.74) is 0. The van der Waals surface area contributed by atoms with Crippen LogP contribution in [0, 0.1) is 0 Å². The van der Waals surface area contributed by atoms with Gasteiger partial charge in [0.15, 0.2) is 0 Å². The fourth-order valence-corrected chi connectivity index (χ4v) is 3.63. The van der Waals surface area contributed by atoms with Gasteiger partial charge in [-0.05, 0) is 38.5 Å². The predicted molar refractivity (Wildman–Crippen MR) is 114 cm³/mol. The van der Waals surface area contributed by atoms with E-state index in [-0.39, 0.29) is 6.61 Å². The van der Waals surface area contributed by atoms with E-state index in [9.17, 15) is 0 Å². The van der Waals surface area contributed by atoms with Crippen molar-refractivity contribution in [3.05, 3.63) is 24.6 Å². The molecule has 0 fully saturated rings. The Balaban J connectivity index is 1.78. The van der Waals surface area contributed by atoms with Gasteiger partial charge in [0.1, 0.15) is 0 Å². The molecule has 1 aliphatic heterocycles. The fourth-order valence-electron chi connectivity index (χ4n) is 3.63. The molecule has 0 saturated carbocycles. The average Bonchev–Trinajstić information content (AvgIpc) is 3.09. The van der Waals surface area contributed by atoms with Crippen molar-refractivity contribution in [3.8, 4) is 0 Å². The molecule has 0 amide bonds. The van der Waals surface area contributed by atoms with Gasteiger partial charge in [0, 0.05) is 18.9 Å². The summed E-state index contributed by atoms with van der Waals surface area (Å²) < 4.78 is 0. The summed E-state index contributed by atoms with van der Waals surface area (Å²) in [6.45, 7) is 3.25. The van der Waals surface area contributed by atoms with Gasteiger partial charge >= 0.3 is 0 Å². The van der Waals surface area contributed by atoms with E-state index in [2.05, 4.69) is 35.5 Å².